The van der Waals surface area contributed by atoms with E-state index in [1.165, 1.54) is 4.88 Å². The number of benzene rings is 1. The largest absolute Gasteiger partial charge is 0.399 e. The summed E-state index contributed by atoms with van der Waals surface area (Å²) in [6.07, 6.45) is 0. The van der Waals surface area contributed by atoms with Crippen LogP contribution in [-0.4, -0.2) is 5.11 Å². The molecule has 0 aliphatic heterocycles. The van der Waals surface area contributed by atoms with Gasteiger partial charge in [-0.25, -0.2) is 0 Å². The van der Waals surface area contributed by atoms with Crippen molar-refractivity contribution in [2.45, 2.75) is 11.9 Å². The van der Waals surface area contributed by atoms with E-state index in [4.69, 9.17) is 5.73 Å². The van der Waals surface area contributed by atoms with E-state index in [-0.39, 0.29) is 6.61 Å². The number of nitrogens with two attached hydrogens (primary N) is 1. The normalized spacial score (nSPS) is 11.0. The first kappa shape index (κ1) is 9.96. The molecule has 4 heteroatoms. The van der Waals surface area contributed by atoms with Gasteiger partial charge in [0.2, 0.25) is 0 Å². The van der Waals surface area contributed by atoms with Gasteiger partial charge >= 0.3 is 0 Å². The van der Waals surface area contributed by atoms with Crippen molar-refractivity contribution >= 4 is 43.0 Å². The molecule has 0 saturated carbocycles. The molecule has 0 unspecified atom stereocenters. The molecule has 2 rings (SSSR count). The molecule has 1 aromatic carbocycles. The third kappa shape index (κ3) is 1.54. The Kier molecular flexibility index (Phi) is 2.76. The summed E-state index contributed by atoms with van der Waals surface area (Å²) in [6.45, 7) is 0.0881. The van der Waals surface area contributed by atoms with Gasteiger partial charge in [0.15, 0.2) is 0 Å². The Morgan fingerprint density at radius 1 is 1.43 bits per heavy atom. The van der Waals surface area contributed by atoms with Crippen LogP contribution in [0.15, 0.2) is 18.2 Å². The number of hydrogen-bond donors (Lipinski definition) is 2. The van der Waals surface area contributed by atoms with Crippen molar-refractivity contribution in [1.82, 2.24) is 0 Å². The fourth-order valence-corrected chi connectivity index (χ4v) is 3.29. The van der Waals surface area contributed by atoms with Crippen LogP contribution in [0.2, 0.25) is 0 Å². The number of rotatable bonds is 2. The van der Waals surface area contributed by atoms with Crippen molar-refractivity contribution in [2.75, 3.05) is 5.73 Å². The van der Waals surface area contributed by atoms with Gasteiger partial charge < -0.3 is 10.8 Å². The van der Waals surface area contributed by atoms with E-state index in [9.17, 15) is 5.11 Å². The molecule has 0 bridgehead atoms. The molecule has 0 fully saturated rings. The van der Waals surface area contributed by atoms with E-state index in [0.717, 1.165) is 26.7 Å². The van der Waals surface area contributed by atoms with Gasteiger partial charge in [-0.1, -0.05) is 22.0 Å². The number of fused-ring (bicyclic) bond motifs is 1. The van der Waals surface area contributed by atoms with Crippen molar-refractivity contribution in [3.63, 3.8) is 0 Å². The Balaban J connectivity index is 2.73. The second kappa shape index (κ2) is 3.88. The smallest absolute Gasteiger partial charge is 0.0699 e. The summed E-state index contributed by atoms with van der Waals surface area (Å²) < 4.78 is 1.14. The number of anilines is 1. The lowest BCUT2D eigenvalue weighted by molar-refractivity contribution is 0.283. The molecule has 2 aromatic rings. The first-order valence-corrected chi connectivity index (χ1v) is 6.16. The topological polar surface area (TPSA) is 46.2 Å². The Morgan fingerprint density at radius 3 is 2.86 bits per heavy atom. The average molecular weight is 272 g/mol. The highest BCUT2D eigenvalue weighted by molar-refractivity contribution is 9.08. The molecular weight excluding hydrogens is 262 g/mol. The first-order chi connectivity index (χ1) is 6.76. The van der Waals surface area contributed by atoms with Crippen molar-refractivity contribution < 1.29 is 5.11 Å². The van der Waals surface area contributed by atoms with E-state index < -0.39 is 0 Å². The standard InChI is InChI=1S/C10H10BrNOS/c11-4-10-8(5-13)7-2-1-6(12)3-9(7)14-10/h1-3,13H,4-5,12H2. The van der Waals surface area contributed by atoms with Gasteiger partial charge in [-0.15, -0.1) is 11.3 Å². The van der Waals surface area contributed by atoms with Crippen molar-refractivity contribution in [3.8, 4) is 0 Å². The van der Waals surface area contributed by atoms with Crippen LogP contribution in [0.4, 0.5) is 5.69 Å². The summed E-state index contributed by atoms with van der Waals surface area (Å²) >= 11 is 5.09. The zero-order valence-corrected chi connectivity index (χ0v) is 9.86. The summed E-state index contributed by atoms with van der Waals surface area (Å²) in [5.74, 6) is 0. The van der Waals surface area contributed by atoms with Crippen molar-refractivity contribution in [2.24, 2.45) is 0 Å². The van der Waals surface area contributed by atoms with Crippen LogP contribution >= 0.6 is 27.3 Å². The summed E-state index contributed by atoms with van der Waals surface area (Å²) in [4.78, 5) is 1.17. The van der Waals surface area contributed by atoms with Gasteiger partial charge in [-0.2, -0.15) is 0 Å². The Morgan fingerprint density at radius 2 is 2.21 bits per heavy atom. The van der Waals surface area contributed by atoms with Crippen LogP contribution in [0.5, 0.6) is 0 Å². The molecule has 0 spiro atoms. The molecule has 0 amide bonds. The average Bonchev–Trinajstić information content (AvgIpc) is 2.54. The lowest BCUT2D eigenvalue weighted by atomic mass is 10.1. The van der Waals surface area contributed by atoms with Gasteiger partial charge in [0.25, 0.3) is 0 Å². The number of hydrogen-bond acceptors (Lipinski definition) is 3. The Bertz CT molecular complexity index is 466. The zero-order valence-electron chi connectivity index (χ0n) is 7.46. The second-order valence-corrected chi connectivity index (χ2v) is 4.75. The molecule has 74 valence electrons. The number of alkyl halides is 1. The van der Waals surface area contributed by atoms with E-state index in [1.54, 1.807) is 11.3 Å². The molecule has 14 heavy (non-hydrogen) atoms. The molecule has 0 saturated heterocycles. The third-order valence-corrected chi connectivity index (χ3v) is 4.31. The van der Waals surface area contributed by atoms with Crippen molar-refractivity contribution in [3.05, 3.63) is 28.6 Å². The lowest BCUT2D eigenvalue weighted by Crippen LogP contribution is -1.86. The minimum atomic E-state index is 0.0881. The highest BCUT2D eigenvalue weighted by Crippen LogP contribution is 2.33. The first-order valence-electron chi connectivity index (χ1n) is 4.23. The van der Waals surface area contributed by atoms with Gasteiger partial charge in [0.1, 0.15) is 0 Å². The predicted octanol–water partition coefficient (Wildman–Crippen LogP) is 2.87. The molecule has 0 atom stereocenters. The highest BCUT2D eigenvalue weighted by atomic mass is 79.9. The zero-order chi connectivity index (χ0) is 10.1. The van der Waals surface area contributed by atoms with Gasteiger partial charge in [0.05, 0.1) is 6.61 Å². The fourth-order valence-electron chi connectivity index (χ4n) is 1.50. The third-order valence-electron chi connectivity index (χ3n) is 2.18. The van der Waals surface area contributed by atoms with Crippen molar-refractivity contribution in [1.29, 1.82) is 0 Å². The van der Waals surface area contributed by atoms with Gasteiger partial charge in [0, 0.05) is 26.2 Å². The molecule has 1 heterocycles. The molecule has 1 aromatic heterocycles. The van der Waals surface area contributed by atoms with Gasteiger partial charge in [-0.05, 0) is 17.5 Å². The minimum Gasteiger partial charge on any atom is -0.399 e. The van der Waals surface area contributed by atoms with Crippen LogP contribution in [0.3, 0.4) is 0 Å². The van der Waals surface area contributed by atoms with Crippen LogP contribution in [0, 0.1) is 0 Å². The fraction of sp³-hybridized carbons (Fsp3) is 0.200. The maximum atomic E-state index is 9.26. The maximum Gasteiger partial charge on any atom is 0.0699 e. The lowest BCUT2D eigenvalue weighted by Gasteiger charge is -1.96. The molecular formula is C10H10BrNOS. The van der Waals surface area contributed by atoms with E-state index >= 15 is 0 Å². The molecule has 2 nitrogen and oxygen atoms in total. The predicted molar refractivity (Wildman–Crippen MR) is 64.8 cm³/mol. The number of aliphatic hydroxyl groups excluding tert-OH is 1. The summed E-state index contributed by atoms with van der Waals surface area (Å²) in [5, 5.41) is 11.2. The number of thiophene rings is 1. The number of aliphatic hydroxyl groups is 1. The molecule has 0 aliphatic carbocycles. The highest BCUT2D eigenvalue weighted by Gasteiger charge is 2.09. The number of nitrogen functional groups attached to an aromatic ring is 1. The molecule has 3 N–H and O–H groups in total. The molecule has 0 radical (unpaired) electrons. The van der Waals surface area contributed by atoms with Gasteiger partial charge in [-0.3, -0.25) is 0 Å². The summed E-state index contributed by atoms with van der Waals surface area (Å²) in [5.41, 5.74) is 7.48. The monoisotopic (exact) mass is 271 g/mol. The van der Waals surface area contributed by atoms with E-state index in [1.807, 2.05) is 18.2 Å². The second-order valence-electron chi connectivity index (χ2n) is 3.05. The van der Waals surface area contributed by atoms with Crippen LogP contribution < -0.4 is 5.73 Å². The van der Waals surface area contributed by atoms with E-state index in [2.05, 4.69) is 15.9 Å². The van der Waals surface area contributed by atoms with Crippen LogP contribution in [0.25, 0.3) is 10.1 Å². The Hall–Kier alpha value is -0.580. The number of halogens is 1. The summed E-state index contributed by atoms with van der Waals surface area (Å²) in [6, 6.07) is 5.79. The molecule has 0 aliphatic rings. The Labute approximate surface area is 94.5 Å². The minimum absolute atomic E-state index is 0.0881. The SMILES string of the molecule is Nc1ccc2c(CO)c(CBr)sc2c1. The maximum absolute atomic E-state index is 9.26. The quantitative estimate of drug-likeness (QED) is 0.652. The van der Waals surface area contributed by atoms with E-state index in [0.29, 0.717) is 0 Å². The van der Waals surface area contributed by atoms with Crippen LogP contribution in [-0.2, 0) is 11.9 Å². The summed E-state index contributed by atoms with van der Waals surface area (Å²) in [7, 11) is 0. The van der Waals surface area contributed by atoms with Crippen LogP contribution in [0.1, 0.15) is 10.4 Å².